The first-order valence-electron chi connectivity index (χ1n) is 37.6. The van der Waals surface area contributed by atoms with Crippen molar-refractivity contribution < 1.29 is 104 Å². The molecule has 0 spiro atoms. The van der Waals surface area contributed by atoms with E-state index in [1.165, 1.54) is 199 Å². The van der Waals surface area contributed by atoms with Crippen molar-refractivity contribution in [2.75, 3.05) is 26.4 Å². The average Bonchev–Trinajstić information content (AvgIpc) is 0.757. The van der Waals surface area contributed by atoms with Gasteiger partial charge in [0.05, 0.1) is 50.7 Å². The minimum absolute atomic E-state index is 0.205. The summed E-state index contributed by atoms with van der Waals surface area (Å²) < 4.78 is 34.8. The highest BCUT2D eigenvalue weighted by Gasteiger charge is 2.60. The number of ether oxygens (including phenoxy) is 6. The van der Waals surface area contributed by atoms with Gasteiger partial charge in [-0.25, -0.2) is 4.79 Å². The number of rotatable bonds is 58. The summed E-state index contributed by atoms with van der Waals surface area (Å²) in [6, 6.07) is -2.61. The highest BCUT2D eigenvalue weighted by atomic mass is 16.8. The van der Waals surface area contributed by atoms with E-state index < -0.39 is 155 Å². The predicted molar refractivity (Wildman–Crippen MR) is 362 cm³/mol. The van der Waals surface area contributed by atoms with Crippen molar-refractivity contribution in [3.05, 3.63) is 12.2 Å². The molecule has 0 radical (unpaired) electrons. The van der Waals surface area contributed by atoms with Crippen molar-refractivity contribution >= 4 is 17.8 Å². The Morgan fingerprint density at radius 1 is 0.547 bits per heavy atom. The van der Waals surface area contributed by atoms with Crippen LogP contribution in [0, 0.1) is 0 Å². The summed E-state index contributed by atoms with van der Waals surface area (Å²) >= 11 is 0. The van der Waals surface area contributed by atoms with Gasteiger partial charge in [-0.2, -0.15) is 0 Å². The van der Waals surface area contributed by atoms with Gasteiger partial charge in [-0.05, 0) is 19.3 Å². The van der Waals surface area contributed by atoms with Gasteiger partial charge in [-0.1, -0.05) is 264 Å². The first-order chi connectivity index (χ1) is 45.9. The maximum Gasteiger partial charge on any atom is 0.364 e. The van der Waals surface area contributed by atoms with Crippen LogP contribution in [0.4, 0.5) is 0 Å². The lowest BCUT2D eigenvalue weighted by Crippen LogP contribution is -2.70. The first-order valence-corrected chi connectivity index (χ1v) is 37.6. The largest absolute Gasteiger partial charge is 0.477 e. The molecule has 0 aromatic carbocycles. The van der Waals surface area contributed by atoms with Gasteiger partial charge >= 0.3 is 5.97 Å². The number of aliphatic hydroxyl groups excluding tert-OH is 11. The molecule has 558 valence electrons. The second-order valence-electron chi connectivity index (χ2n) is 27.5. The van der Waals surface area contributed by atoms with Gasteiger partial charge < -0.3 is 100 Å². The second-order valence-corrected chi connectivity index (χ2v) is 27.5. The zero-order chi connectivity index (χ0) is 69.6. The summed E-state index contributed by atoms with van der Waals surface area (Å²) in [5.74, 6) is -6.13. The van der Waals surface area contributed by atoms with E-state index in [0.29, 0.717) is 12.8 Å². The van der Waals surface area contributed by atoms with Gasteiger partial charge in [0.2, 0.25) is 11.8 Å². The molecule has 0 saturated carbocycles. The molecule has 2 amide bonds. The van der Waals surface area contributed by atoms with E-state index in [1.54, 1.807) is 6.08 Å². The molecule has 23 nitrogen and oxygen atoms in total. The fraction of sp³-hybridized carbons (Fsp3) is 0.931. The van der Waals surface area contributed by atoms with E-state index in [1.807, 2.05) is 6.08 Å². The Morgan fingerprint density at radius 3 is 1.40 bits per heavy atom. The van der Waals surface area contributed by atoms with Crippen molar-refractivity contribution in [3.63, 3.8) is 0 Å². The zero-order valence-corrected chi connectivity index (χ0v) is 58.5. The molecule has 3 heterocycles. The molecule has 0 aromatic rings. The number of carboxylic acids is 1. The van der Waals surface area contributed by atoms with Crippen molar-refractivity contribution in [3.8, 4) is 0 Å². The Morgan fingerprint density at radius 2 is 0.979 bits per heavy atom. The van der Waals surface area contributed by atoms with Crippen molar-refractivity contribution in [1.29, 1.82) is 0 Å². The summed E-state index contributed by atoms with van der Waals surface area (Å²) in [4.78, 5) is 38.6. The topological polar surface area (TPSA) is 373 Å². The smallest absolute Gasteiger partial charge is 0.364 e. The van der Waals surface area contributed by atoms with Crippen LogP contribution in [0.5, 0.6) is 0 Å². The van der Waals surface area contributed by atoms with Gasteiger partial charge in [-0.3, -0.25) is 9.59 Å². The third-order valence-corrected chi connectivity index (χ3v) is 19.2. The van der Waals surface area contributed by atoms with Crippen LogP contribution in [0.15, 0.2) is 12.2 Å². The SMILES string of the molecule is CCCCCCCCCCCCCCCCC/C=C/C(O)C(COC1OC(CO)C(OC2OC(CO)C(O)C(OC3(C(=O)O)CC(O)C(NC(C)=O)C(C(O)C(O)CO)O3)C2O)C(O)C1O)NC(=O)CCCCCCCCCCCCCCCCCCCCCCCCCC. The molecule has 0 aliphatic carbocycles. The fourth-order valence-electron chi connectivity index (χ4n) is 13.2. The molecule has 18 unspecified atom stereocenters. The van der Waals surface area contributed by atoms with Gasteiger partial charge in [0.15, 0.2) is 12.6 Å². The number of hydrogen-bond donors (Lipinski definition) is 14. The molecule has 3 aliphatic rings. The summed E-state index contributed by atoms with van der Waals surface area (Å²) in [5.41, 5.74) is 0. The van der Waals surface area contributed by atoms with Crippen LogP contribution in [-0.2, 0) is 42.8 Å². The molecule has 18 atom stereocenters. The number of amides is 2. The van der Waals surface area contributed by atoms with Crippen molar-refractivity contribution in [2.45, 2.75) is 400 Å². The number of carboxylic acid groups (broad SMARTS) is 1. The Bertz CT molecular complexity index is 1960. The Balaban J connectivity index is 1.55. The molecule has 3 fully saturated rings. The average molecular weight is 1360 g/mol. The van der Waals surface area contributed by atoms with E-state index in [9.17, 15) is 75.7 Å². The highest BCUT2D eigenvalue weighted by Crippen LogP contribution is 2.39. The fourth-order valence-corrected chi connectivity index (χ4v) is 13.2. The van der Waals surface area contributed by atoms with Gasteiger partial charge in [0, 0.05) is 19.8 Å². The molecular formula is C72H134N2O21. The maximum atomic E-state index is 13.5. The number of hydrogen-bond acceptors (Lipinski definition) is 20. The molecule has 14 N–H and O–H groups in total. The molecule has 3 aliphatic heterocycles. The molecule has 0 bridgehead atoms. The number of carbonyl (C=O) groups is 3. The number of carbonyl (C=O) groups excluding carboxylic acids is 2. The van der Waals surface area contributed by atoms with E-state index in [4.69, 9.17) is 28.4 Å². The van der Waals surface area contributed by atoms with E-state index >= 15 is 0 Å². The Labute approximate surface area is 569 Å². The summed E-state index contributed by atoms with van der Waals surface area (Å²) in [6.07, 6.45) is 23.9. The standard InChI is InChI=1S/C72H134N2O21/c1-4-6-8-10-12-14-16-18-20-22-23-24-25-26-27-28-30-32-34-36-38-40-42-44-46-59(82)74-53(54(79)45-43-41-39-37-35-33-31-29-21-19-17-15-13-11-9-7-5-2)51-90-69-64(86)63(85)66(58(50-77)92-69)93-70-65(87)68(62(84)57(49-76)91-70)95-72(71(88)89)47-55(80)60(73-52(3)78)67(94-72)61(83)56(81)48-75/h43,45,53-58,60-70,75-77,79-81,83-87H,4-42,44,46-51H2,1-3H3,(H,73,78)(H,74,82)(H,88,89)/b45-43+. The lowest BCUT2D eigenvalue weighted by Gasteiger charge is -2.50. The quantitative estimate of drug-likeness (QED) is 0.0201. The molecule has 3 saturated heterocycles. The van der Waals surface area contributed by atoms with Crippen LogP contribution in [-0.4, -0.2) is 215 Å². The zero-order valence-electron chi connectivity index (χ0n) is 58.5. The third kappa shape index (κ3) is 34.1. The van der Waals surface area contributed by atoms with Crippen LogP contribution in [0.25, 0.3) is 0 Å². The Kier molecular flexibility index (Phi) is 47.9. The minimum Gasteiger partial charge on any atom is -0.477 e. The number of nitrogens with one attached hydrogen (secondary N) is 2. The summed E-state index contributed by atoms with van der Waals surface area (Å²) in [6.45, 7) is 2.17. The molecule has 95 heavy (non-hydrogen) atoms. The molecule has 0 aromatic heterocycles. The summed E-state index contributed by atoms with van der Waals surface area (Å²) in [7, 11) is 0. The van der Waals surface area contributed by atoms with E-state index in [2.05, 4.69) is 24.5 Å². The lowest BCUT2D eigenvalue weighted by atomic mass is 9.88. The van der Waals surface area contributed by atoms with Gasteiger partial charge in [0.25, 0.3) is 5.79 Å². The monoisotopic (exact) mass is 1360 g/mol. The number of allylic oxidation sites excluding steroid dienone is 1. The van der Waals surface area contributed by atoms with Crippen LogP contribution >= 0.6 is 0 Å². The molecular weight excluding hydrogens is 1230 g/mol. The minimum atomic E-state index is -3.08. The number of aliphatic carboxylic acids is 1. The van der Waals surface area contributed by atoms with Crippen LogP contribution in [0.1, 0.15) is 290 Å². The highest BCUT2D eigenvalue weighted by molar-refractivity contribution is 5.77. The summed E-state index contributed by atoms with van der Waals surface area (Å²) in [5, 5.41) is 136. The van der Waals surface area contributed by atoms with Crippen LogP contribution in [0.3, 0.4) is 0 Å². The van der Waals surface area contributed by atoms with E-state index in [0.717, 1.165) is 51.9 Å². The number of aliphatic hydroxyl groups is 11. The first kappa shape index (κ1) is 86.7. The van der Waals surface area contributed by atoms with Crippen molar-refractivity contribution in [1.82, 2.24) is 10.6 Å². The molecule has 3 rings (SSSR count). The number of unbranched alkanes of at least 4 members (excludes halogenated alkanes) is 38. The second kappa shape index (κ2) is 52.5. The van der Waals surface area contributed by atoms with Crippen molar-refractivity contribution in [2.24, 2.45) is 0 Å². The van der Waals surface area contributed by atoms with Crippen LogP contribution in [0.2, 0.25) is 0 Å². The van der Waals surface area contributed by atoms with Gasteiger partial charge in [0.1, 0.15) is 67.1 Å². The molecule has 23 heteroatoms. The van der Waals surface area contributed by atoms with Gasteiger partial charge in [-0.15, -0.1) is 0 Å². The maximum absolute atomic E-state index is 13.5. The normalized spacial score (nSPS) is 27.7. The van der Waals surface area contributed by atoms with Crippen LogP contribution < -0.4 is 10.6 Å². The third-order valence-electron chi connectivity index (χ3n) is 19.2. The lowest BCUT2D eigenvalue weighted by molar-refractivity contribution is -0.386. The van der Waals surface area contributed by atoms with E-state index in [-0.39, 0.29) is 12.3 Å². The predicted octanol–water partition coefficient (Wildman–Crippen LogP) is 8.24. The Hall–Kier alpha value is -2.53.